The highest BCUT2D eigenvalue weighted by Crippen LogP contribution is 2.37. The van der Waals surface area contributed by atoms with Gasteiger partial charge in [-0.15, -0.1) is 0 Å². The molecule has 0 unspecified atom stereocenters. The third kappa shape index (κ3) is 3.21. The molecule has 0 N–H and O–H groups in total. The minimum absolute atomic E-state index is 0.0761. The lowest BCUT2D eigenvalue weighted by molar-refractivity contribution is -0.384. The Morgan fingerprint density at radius 1 is 0.964 bits per heavy atom. The first-order valence-corrected chi connectivity index (χ1v) is 9.03. The van der Waals surface area contributed by atoms with E-state index in [1.165, 1.54) is 12.1 Å². The fraction of sp³-hybridized carbons (Fsp3) is 0. The number of imide groups is 1. The monoisotopic (exact) mass is 392 g/mol. The Labute approximate surface area is 163 Å². The van der Waals surface area contributed by atoms with E-state index in [0.717, 1.165) is 16.7 Å². The summed E-state index contributed by atoms with van der Waals surface area (Å²) in [6.07, 6.45) is 1.46. The maximum absolute atomic E-state index is 12.6. The predicted octanol–water partition coefficient (Wildman–Crippen LogP) is 5.10. The van der Waals surface area contributed by atoms with Gasteiger partial charge in [0.25, 0.3) is 16.8 Å². The maximum atomic E-state index is 12.6. The summed E-state index contributed by atoms with van der Waals surface area (Å²) in [4.78, 5) is 36.9. The number of benzene rings is 2. The molecule has 1 aliphatic rings. The normalized spacial score (nSPS) is 15.4. The van der Waals surface area contributed by atoms with Gasteiger partial charge < -0.3 is 4.42 Å². The Morgan fingerprint density at radius 3 is 2.43 bits per heavy atom. The number of rotatable bonds is 4. The van der Waals surface area contributed by atoms with Crippen molar-refractivity contribution in [3.8, 4) is 11.3 Å². The van der Waals surface area contributed by atoms with Gasteiger partial charge in [0.2, 0.25) is 0 Å². The number of nitro benzene ring substituents is 1. The van der Waals surface area contributed by atoms with Gasteiger partial charge in [0.1, 0.15) is 11.5 Å². The molecule has 8 heteroatoms. The van der Waals surface area contributed by atoms with Gasteiger partial charge in [-0.2, -0.15) is 0 Å². The molecule has 1 saturated heterocycles. The number of carbonyl (C=O) groups is 2. The molecule has 0 spiro atoms. The van der Waals surface area contributed by atoms with Crippen molar-refractivity contribution in [3.05, 3.63) is 87.5 Å². The fourth-order valence-electron chi connectivity index (χ4n) is 2.81. The van der Waals surface area contributed by atoms with Crippen molar-refractivity contribution in [3.63, 3.8) is 0 Å². The molecule has 1 aromatic heterocycles. The van der Waals surface area contributed by atoms with Gasteiger partial charge in [0.15, 0.2) is 0 Å². The zero-order valence-electron chi connectivity index (χ0n) is 14.3. The zero-order chi connectivity index (χ0) is 19.7. The molecular weight excluding hydrogens is 380 g/mol. The molecule has 0 aliphatic carbocycles. The number of amides is 2. The molecular formula is C20H12N2O5S. The summed E-state index contributed by atoms with van der Waals surface area (Å²) in [7, 11) is 0. The van der Waals surface area contributed by atoms with Gasteiger partial charge >= 0.3 is 0 Å². The predicted molar refractivity (Wildman–Crippen MR) is 106 cm³/mol. The van der Waals surface area contributed by atoms with Crippen molar-refractivity contribution in [1.82, 2.24) is 0 Å². The molecule has 0 saturated carbocycles. The molecule has 2 aromatic carbocycles. The van der Waals surface area contributed by atoms with Crippen molar-refractivity contribution in [1.29, 1.82) is 0 Å². The molecule has 28 heavy (non-hydrogen) atoms. The fourth-order valence-corrected chi connectivity index (χ4v) is 3.63. The minimum atomic E-state index is -0.483. The van der Waals surface area contributed by atoms with Crippen LogP contribution in [0.4, 0.5) is 16.2 Å². The van der Waals surface area contributed by atoms with Gasteiger partial charge in [-0.3, -0.25) is 19.7 Å². The number of nitrogens with zero attached hydrogens (tertiary/aromatic N) is 2. The smallest absolute Gasteiger partial charge is 0.298 e. The molecule has 138 valence electrons. The van der Waals surface area contributed by atoms with E-state index in [9.17, 15) is 19.7 Å². The first-order chi connectivity index (χ1) is 13.5. The summed E-state index contributed by atoms with van der Waals surface area (Å²) in [6.45, 7) is 0. The van der Waals surface area contributed by atoms with Crippen molar-refractivity contribution < 1.29 is 18.9 Å². The molecule has 7 nitrogen and oxygen atoms in total. The summed E-state index contributed by atoms with van der Waals surface area (Å²) in [6, 6.07) is 18.1. The van der Waals surface area contributed by atoms with Gasteiger partial charge in [0.05, 0.1) is 21.1 Å². The maximum Gasteiger partial charge on any atom is 0.298 e. The number of carbonyl (C=O) groups excluding carboxylic acids is 2. The van der Waals surface area contributed by atoms with E-state index >= 15 is 0 Å². The SMILES string of the molecule is O=C1S/C(=C\c2ccc(-c3ccccc3[N+](=O)[O-])o2)C(=O)N1c1ccccc1. The van der Waals surface area contributed by atoms with Crippen LogP contribution in [0, 0.1) is 10.1 Å². The van der Waals surface area contributed by atoms with E-state index in [1.807, 2.05) is 0 Å². The number of hydrogen-bond donors (Lipinski definition) is 0. The lowest BCUT2D eigenvalue weighted by Crippen LogP contribution is -2.27. The largest absolute Gasteiger partial charge is 0.456 e. The Bertz CT molecular complexity index is 1120. The summed E-state index contributed by atoms with van der Waals surface area (Å²) in [5, 5.41) is 10.8. The molecule has 4 rings (SSSR count). The Balaban J connectivity index is 1.64. The number of anilines is 1. The number of para-hydroxylation sites is 2. The second-order valence-electron chi connectivity index (χ2n) is 5.83. The Kier molecular flexibility index (Phi) is 4.54. The quantitative estimate of drug-likeness (QED) is 0.348. The van der Waals surface area contributed by atoms with Crippen molar-refractivity contribution in [2.45, 2.75) is 0 Å². The number of nitro groups is 1. The Hall–Kier alpha value is -3.65. The second kappa shape index (κ2) is 7.16. The molecule has 3 aromatic rings. The second-order valence-corrected chi connectivity index (χ2v) is 6.82. The number of hydrogen-bond acceptors (Lipinski definition) is 6. The van der Waals surface area contributed by atoms with Crippen LogP contribution in [0.25, 0.3) is 17.4 Å². The van der Waals surface area contributed by atoms with Crippen LogP contribution in [-0.4, -0.2) is 16.1 Å². The highest BCUT2D eigenvalue weighted by Gasteiger charge is 2.36. The molecule has 0 atom stereocenters. The highest BCUT2D eigenvalue weighted by molar-refractivity contribution is 8.19. The average Bonchev–Trinajstić information content (AvgIpc) is 3.27. The summed E-state index contributed by atoms with van der Waals surface area (Å²) >= 11 is 0.815. The molecule has 2 amide bonds. The summed E-state index contributed by atoms with van der Waals surface area (Å²) in [5.41, 5.74) is 0.755. The van der Waals surface area contributed by atoms with Crippen LogP contribution in [0.3, 0.4) is 0 Å². The highest BCUT2D eigenvalue weighted by atomic mass is 32.2. The van der Waals surface area contributed by atoms with E-state index in [2.05, 4.69) is 0 Å². The van der Waals surface area contributed by atoms with Crippen LogP contribution in [0.1, 0.15) is 5.76 Å². The third-order valence-electron chi connectivity index (χ3n) is 4.07. The third-order valence-corrected chi connectivity index (χ3v) is 4.94. The molecule has 2 heterocycles. The zero-order valence-corrected chi connectivity index (χ0v) is 15.1. The first kappa shape index (κ1) is 17.7. The average molecular weight is 392 g/mol. The van der Waals surface area contributed by atoms with E-state index < -0.39 is 16.1 Å². The van der Waals surface area contributed by atoms with E-state index in [4.69, 9.17) is 4.42 Å². The van der Waals surface area contributed by atoms with Crippen LogP contribution < -0.4 is 4.90 Å². The summed E-state index contributed by atoms with van der Waals surface area (Å²) < 4.78 is 5.67. The van der Waals surface area contributed by atoms with Crippen LogP contribution in [0.5, 0.6) is 0 Å². The van der Waals surface area contributed by atoms with Crippen LogP contribution in [0.2, 0.25) is 0 Å². The number of furan rings is 1. The van der Waals surface area contributed by atoms with Crippen LogP contribution in [0.15, 0.2) is 76.1 Å². The standard InChI is InChI=1S/C20H12N2O5S/c23-19-18(28-20(24)21(19)13-6-2-1-3-7-13)12-14-10-11-17(27-14)15-8-4-5-9-16(15)22(25)26/h1-12H/b18-12-. The minimum Gasteiger partial charge on any atom is -0.456 e. The van der Waals surface area contributed by atoms with Crippen LogP contribution in [-0.2, 0) is 4.79 Å². The lowest BCUT2D eigenvalue weighted by Gasteiger charge is -2.11. The topological polar surface area (TPSA) is 93.7 Å². The molecule has 0 bridgehead atoms. The molecule has 1 aliphatic heterocycles. The van der Waals surface area contributed by atoms with Gasteiger partial charge in [-0.25, -0.2) is 4.90 Å². The van der Waals surface area contributed by atoms with E-state index in [1.54, 1.807) is 60.7 Å². The van der Waals surface area contributed by atoms with Crippen molar-refractivity contribution in [2.24, 2.45) is 0 Å². The lowest BCUT2D eigenvalue weighted by atomic mass is 10.1. The molecule has 1 fully saturated rings. The van der Waals surface area contributed by atoms with Gasteiger partial charge in [-0.1, -0.05) is 30.3 Å². The Morgan fingerprint density at radius 2 is 1.68 bits per heavy atom. The first-order valence-electron chi connectivity index (χ1n) is 8.21. The van der Waals surface area contributed by atoms with E-state index in [0.29, 0.717) is 22.8 Å². The molecule has 0 radical (unpaired) electrons. The van der Waals surface area contributed by atoms with Gasteiger partial charge in [0, 0.05) is 12.1 Å². The van der Waals surface area contributed by atoms with Crippen molar-refractivity contribution >= 4 is 40.4 Å². The van der Waals surface area contributed by atoms with Crippen LogP contribution >= 0.6 is 11.8 Å². The van der Waals surface area contributed by atoms with Crippen molar-refractivity contribution in [2.75, 3.05) is 4.90 Å². The van der Waals surface area contributed by atoms with Gasteiger partial charge in [-0.05, 0) is 42.1 Å². The summed E-state index contributed by atoms with van der Waals surface area (Å²) in [5.74, 6) is 0.192. The number of thioether (sulfide) groups is 1. The van der Waals surface area contributed by atoms with E-state index in [-0.39, 0.29) is 10.6 Å².